The molecule has 0 spiro atoms. The van der Waals surface area contributed by atoms with E-state index >= 15 is 0 Å². The number of hydrogen-bond donors (Lipinski definition) is 1. The van der Waals surface area contributed by atoms with Gasteiger partial charge in [0.05, 0.1) is 22.4 Å². The molecule has 1 amide bonds. The van der Waals surface area contributed by atoms with Crippen molar-refractivity contribution in [3.63, 3.8) is 0 Å². The van der Waals surface area contributed by atoms with Gasteiger partial charge in [0.25, 0.3) is 0 Å². The second kappa shape index (κ2) is 7.29. The third kappa shape index (κ3) is 3.70. The number of thiophene rings is 1. The van der Waals surface area contributed by atoms with E-state index < -0.39 is 0 Å². The van der Waals surface area contributed by atoms with E-state index in [1.54, 1.807) is 29.3 Å². The Morgan fingerprint density at radius 2 is 2.04 bits per heavy atom. The average Bonchev–Trinajstić information content (AvgIpc) is 3.03. The topological polar surface area (TPSA) is 51.2 Å². The van der Waals surface area contributed by atoms with Crippen LogP contribution in [0.2, 0.25) is 0 Å². The van der Waals surface area contributed by atoms with Gasteiger partial charge in [-0.3, -0.25) is 9.78 Å². The van der Waals surface area contributed by atoms with Crippen molar-refractivity contribution >= 4 is 34.7 Å². The lowest BCUT2D eigenvalue weighted by molar-refractivity contribution is -0.113. The number of anilines is 1. The predicted octanol–water partition coefficient (Wildman–Crippen LogP) is 4.50. The zero-order chi connectivity index (χ0) is 17.1. The summed E-state index contributed by atoms with van der Waals surface area (Å²) in [5, 5.41) is 5.16. The number of carbonyl (C=O) groups excluding carboxylic acids is 1. The lowest BCUT2D eigenvalue weighted by Gasteiger charge is -2.14. The number of nitrogens with zero attached hydrogens (tertiary/aromatic N) is 1. The summed E-state index contributed by atoms with van der Waals surface area (Å²) < 4.78 is 5.80. The Morgan fingerprint density at radius 3 is 2.84 bits per heavy atom. The number of rotatable bonds is 4. The number of benzene rings is 1. The number of nitrogens with one attached hydrogen (secondary N) is 1. The average molecular weight is 368 g/mol. The Morgan fingerprint density at radius 1 is 1.16 bits per heavy atom. The lowest BCUT2D eigenvalue weighted by atomic mass is 10.1. The number of fused-ring (bicyclic) bond motifs is 1. The molecule has 0 bridgehead atoms. The molecular formula is C19H16N2O2S2. The van der Waals surface area contributed by atoms with Crippen molar-refractivity contribution in [1.82, 2.24) is 4.98 Å². The van der Waals surface area contributed by atoms with Crippen molar-refractivity contribution in [2.75, 3.05) is 11.1 Å². The first-order valence-electron chi connectivity index (χ1n) is 7.91. The molecule has 1 atom stereocenters. The van der Waals surface area contributed by atoms with Crippen molar-refractivity contribution in [2.24, 2.45) is 0 Å². The molecule has 4 nitrogen and oxygen atoms in total. The van der Waals surface area contributed by atoms with E-state index in [0.717, 1.165) is 17.1 Å². The smallest absolute Gasteiger partial charge is 0.234 e. The highest BCUT2D eigenvalue weighted by Crippen LogP contribution is 2.44. The summed E-state index contributed by atoms with van der Waals surface area (Å²) in [6, 6.07) is 15.9. The van der Waals surface area contributed by atoms with Gasteiger partial charge in [-0.15, -0.1) is 23.1 Å². The first-order chi connectivity index (χ1) is 12.3. The van der Waals surface area contributed by atoms with E-state index in [1.807, 2.05) is 41.8 Å². The van der Waals surface area contributed by atoms with Crippen LogP contribution in [-0.4, -0.2) is 16.6 Å². The normalized spacial score (nSPS) is 16.6. The molecular weight excluding hydrogens is 352 g/mol. The van der Waals surface area contributed by atoms with Crippen LogP contribution >= 0.6 is 23.1 Å². The van der Waals surface area contributed by atoms with Crippen LogP contribution in [-0.2, 0) is 11.4 Å². The quantitative estimate of drug-likeness (QED) is 0.737. The number of ether oxygens (including phenoxy) is 1. The summed E-state index contributed by atoms with van der Waals surface area (Å²) >= 11 is 3.34. The maximum Gasteiger partial charge on any atom is 0.234 e. The number of amides is 1. The van der Waals surface area contributed by atoms with Gasteiger partial charge in [-0.25, -0.2) is 0 Å². The number of hydrogen-bond acceptors (Lipinski definition) is 5. The summed E-state index contributed by atoms with van der Waals surface area (Å²) in [6.07, 6.45) is 1.76. The van der Waals surface area contributed by atoms with E-state index in [1.165, 1.54) is 10.4 Å². The molecule has 0 saturated heterocycles. The SMILES string of the molecule is O=C1CS[C@H](c2ccc(OCc3ccccn3)cc2)c2sccc2N1. The van der Waals surface area contributed by atoms with Crippen LogP contribution in [0.1, 0.15) is 21.4 Å². The van der Waals surface area contributed by atoms with Gasteiger partial charge in [-0.05, 0) is 41.3 Å². The molecule has 126 valence electrons. The van der Waals surface area contributed by atoms with Crippen LogP contribution in [0.4, 0.5) is 5.69 Å². The van der Waals surface area contributed by atoms with Crippen LogP contribution in [0, 0.1) is 0 Å². The van der Waals surface area contributed by atoms with Gasteiger partial charge < -0.3 is 10.1 Å². The molecule has 3 aromatic rings. The summed E-state index contributed by atoms with van der Waals surface area (Å²) in [7, 11) is 0. The van der Waals surface area contributed by atoms with Gasteiger partial charge in [-0.1, -0.05) is 18.2 Å². The Balaban J connectivity index is 1.50. The largest absolute Gasteiger partial charge is 0.487 e. The highest BCUT2D eigenvalue weighted by molar-refractivity contribution is 8.00. The fourth-order valence-electron chi connectivity index (χ4n) is 2.68. The minimum absolute atomic E-state index is 0.0578. The maximum atomic E-state index is 11.8. The van der Waals surface area contributed by atoms with E-state index in [4.69, 9.17) is 4.74 Å². The van der Waals surface area contributed by atoms with Gasteiger partial charge in [-0.2, -0.15) is 0 Å². The maximum absolute atomic E-state index is 11.8. The molecule has 0 radical (unpaired) electrons. The van der Waals surface area contributed by atoms with E-state index in [2.05, 4.69) is 22.4 Å². The Labute approximate surface area is 154 Å². The van der Waals surface area contributed by atoms with Gasteiger partial charge in [0.1, 0.15) is 12.4 Å². The van der Waals surface area contributed by atoms with E-state index in [0.29, 0.717) is 12.4 Å². The van der Waals surface area contributed by atoms with Crippen molar-refractivity contribution in [3.8, 4) is 5.75 Å². The van der Waals surface area contributed by atoms with Gasteiger partial charge in [0, 0.05) is 11.1 Å². The third-order valence-electron chi connectivity index (χ3n) is 3.88. The van der Waals surface area contributed by atoms with Gasteiger partial charge in [0.2, 0.25) is 5.91 Å². The number of carbonyl (C=O) groups is 1. The second-order valence-corrected chi connectivity index (χ2v) is 7.66. The first kappa shape index (κ1) is 16.2. The van der Waals surface area contributed by atoms with Crippen LogP contribution in [0.15, 0.2) is 60.1 Å². The summed E-state index contributed by atoms with van der Waals surface area (Å²) in [4.78, 5) is 17.3. The standard InChI is InChI=1S/C19H16N2O2S2/c22-17-12-25-18(19-16(21-17)8-10-24-19)13-4-6-15(7-5-13)23-11-14-3-1-2-9-20-14/h1-10,18H,11-12H2,(H,21,22)/t18-/m1/s1. The highest BCUT2D eigenvalue weighted by Gasteiger charge is 2.25. The third-order valence-corrected chi connectivity index (χ3v) is 6.29. The second-order valence-electron chi connectivity index (χ2n) is 5.62. The molecule has 6 heteroatoms. The minimum Gasteiger partial charge on any atom is -0.487 e. The van der Waals surface area contributed by atoms with Crippen LogP contribution in [0.3, 0.4) is 0 Å². The summed E-state index contributed by atoms with van der Waals surface area (Å²) in [5.41, 5.74) is 3.01. The van der Waals surface area contributed by atoms with E-state index in [-0.39, 0.29) is 11.2 Å². The molecule has 3 heterocycles. The van der Waals surface area contributed by atoms with Crippen molar-refractivity contribution in [2.45, 2.75) is 11.9 Å². The molecule has 0 saturated carbocycles. The van der Waals surface area contributed by atoms with Crippen molar-refractivity contribution in [1.29, 1.82) is 0 Å². The minimum atomic E-state index is 0.0578. The van der Waals surface area contributed by atoms with Crippen molar-refractivity contribution < 1.29 is 9.53 Å². The highest BCUT2D eigenvalue weighted by atomic mass is 32.2. The number of thioether (sulfide) groups is 1. The Hall–Kier alpha value is -2.31. The van der Waals surface area contributed by atoms with Crippen LogP contribution in [0.5, 0.6) is 5.75 Å². The summed E-state index contributed by atoms with van der Waals surface area (Å²) in [5.74, 6) is 1.33. The first-order valence-corrected chi connectivity index (χ1v) is 9.84. The molecule has 1 aliphatic rings. The molecule has 0 fully saturated rings. The van der Waals surface area contributed by atoms with Crippen molar-refractivity contribution in [3.05, 3.63) is 76.2 Å². The van der Waals surface area contributed by atoms with Crippen LogP contribution < -0.4 is 10.1 Å². The Bertz CT molecular complexity index is 863. The molecule has 1 N–H and O–H groups in total. The fraction of sp³-hybridized carbons (Fsp3) is 0.158. The molecule has 2 aromatic heterocycles. The zero-order valence-corrected chi connectivity index (χ0v) is 15.0. The van der Waals surface area contributed by atoms with Crippen LogP contribution in [0.25, 0.3) is 0 Å². The summed E-state index contributed by atoms with van der Waals surface area (Å²) in [6.45, 7) is 0.450. The fourth-order valence-corrected chi connectivity index (χ4v) is 4.92. The molecule has 4 rings (SSSR count). The Kier molecular flexibility index (Phi) is 4.72. The molecule has 1 aromatic carbocycles. The number of aromatic nitrogens is 1. The van der Waals surface area contributed by atoms with Gasteiger partial charge >= 0.3 is 0 Å². The molecule has 0 aliphatic carbocycles. The molecule has 25 heavy (non-hydrogen) atoms. The van der Waals surface area contributed by atoms with Gasteiger partial charge in [0.15, 0.2) is 0 Å². The lowest BCUT2D eigenvalue weighted by Crippen LogP contribution is -2.11. The van der Waals surface area contributed by atoms with E-state index in [9.17, 15) is 4.79 Å². The monoisotopic (exact) mass is 368 g/mol. The molecule has 0 unspecified atom stereocenters. The molecule has 1 aliphatic heterocycles. The number of pyridine rings is 1. The zero-order valence-electron chi connectivity index (χ0n) is 13.3. The predicted molar refractivity (Wildman–Crippen MR) is 102 cm³/mol.